The topological polar surface area (TPSA) is 91.5 Å². The first-order valence-electron chi connectivity index (χ1n) is 9.22. The minimum Gasteiger partial charge on any atom is -0.356 e. The molecular weight excluding hydrogens is 349 g/mol. The lowest BCUT2D eigenvalue weighted by Crippen LogP contribution is -2.45. The highest BCUT2D eigenvalue weighted by Gasteiger charge is 2.25. The lowest BCUT2D eigenvalue weighted by molar-refractivity contribution is 0.371. The number of nitrogens with one attached hydrogen (secondary N) is 2. The van der Waals surface area contributed by atoms with Crippen molar-refractivity contribution in [2.45, 2.75) is 38.6 Å². The summed E-state index contributed by atoms with van der Waals surface area (Å²) in [7, 11) is 1.73. The Morgan fingerprint density at radius 2 is 2.33 bits per heavy atom. The molecule has 0 saturated carbocycles. The summed E-state index contributed by atoms with van der Waals surface area (Å²) >= 11 is 0. The Labute approximate surface area is 158 Å². The molecule has 146 valence electrons. The van der Waals surface area contributed by atoms with Crippen molar-refractivity contribution in [1.29, 1.82) is 0 Å². The van der Waals surface area contributed by atoms with Crippen LogP contribution in [0.5, 0.6) is 0 Å². The highest BCUT2D eigenvalue weighted by Crippen LogP contribution is 2.20. The fourth-order valence-corrected chi connectivity index (χ4v) is 2.96. The van der Waals surface area contributed by atoms with E-state index in [0.29, 0.717) is 37.2 Å². The standard InChI is InChI=1S/C18H26FN7O/c1-12(2)16-24-15(27-25-16)6-9-22-18(20-3)23-13-7-10-26(11-13)17-14(19)5-4-8-21-17/h4-5,8,12-13H,6-7,9-11H2,1-3H3,(H2,20,22,23). The molecule has 0 aliphatic carbocycles. The van der Waals surface area contributed by atoms with Gasteiger partial charge in [-0.2, -0.15) is 4.98 Å². The lowest BCUT2D eigenvalue weighted by Gasteiger charge is -2.19. The van der Waals surface area contributed by atoms with Crippen LogP contribution in [0.1, 0.15) is 37.9 Å². The first-order valence-corrected chi connectivity index (χ1v) is 9.22. The van der Waals surface area contributed by atoms with Crippen molar-refractivity contribution in [2.24, 2.45) is 4.99 Å². The molecule has 0 amide bonds. The summed E-state index contributed by atoms with van der Waals surface area (Å²) in [5.41, 5.74) is 0. The Hall–Kier alpha value is -2.71. The van der Waals surface area contributed by atoms with Crippen molar-refractivity contribution in [3.05, 3.63) is 35.9 Å². The van der Waals surface area contributed by atoms with E-state index in [-0.39, 0.29) is 17.8 Å². The minimum absolute atomic E-state index is 0.175. The van der Waals surface area contributed by atoms with Crippen molar-refractivity contribution in [3.8, 4) is 0 Å². The maximum atomic E-state index is 13.9. The van der Waals surface area contributed by atoms with Crippen LogP contribution in [0, 0.1) is 5.82 Å². The Morgan fingerprint density at radius 1 is 1.48 bits per heavy atom. The van der Waals surface area contributed by atoms with E-state index in [0.717, 1.165) is 18.8 Å². The Kier molecular flexibility index (Phi) is 6.20. The SMILES string of the molecule is CN=C(NCCc1nc(C(C)C)no1)NC1CCN(c2ncccc2F)C1. The molecule has 8 nitrogen and oxygen atoms in total. The zero-order valence-electron chi connectivity index (χ0n) is 15.9. The van der Waals surface area contributed by atoms with E-state index in [4.69, 9.17) is 4.52 Å². The van der Waals surface area contributed by atoms with Crippen molar-refractivity contribution >= 4 is 11.8 Å². The Balaban J connectivity index is 1.46. The molecule has 1 saturated heterocycles. The van der Waals surface area contributed by atoms with E-state index in [1.54, 1.807) is 19.3 Å². The highest BCUT2D eigenvalue weighted by atomic mass is 19.1. The average molecular weight is 375 g/mol. The van der Waals surface area contributed by atoms with Gasteiger partial charge in [0.1, 0.15) is 0 Å². The third-order valence-electron chi connectivity index (χ3n) is 4.42. The van der Waals surface area contributed by atoms with Crippen molar-refractivity contribution in [3.63, 3.8) is 0 Å². The molecule has 27 heavy (non-hydrogen) atoms. The fourth-order valence-electron chi connectivity index (χ4n) is 2.96. The quantitative estimate of drug-likeness (QED) is 0.587. The predicted octanol–water partition coefficient (Wildman–Crippen LogP) is 1.71. The van der Waals surface area contributed by atoms with Gasteiger partial charge in [-0.15, -0.1) is 0 Å². The normalized spacial score (nSPS) is 17.6. The maximum absolute atomic E-state index is 13.9. The Morgan fingerprint density at radius 3 is 3.04 bits per heavy atom. The van der Waals surface area contributed by atoms with Crippen LogP contribution >= 0.6 is 0 Å². The fraction of sp³-hybridized carbons (Fsp3) is 0.556. The third-order valence-corrected chi connectivity index (χ3v) is 4.42. The summed E-state index contributed by atoms with van der Waals surface area (Å²) in [6.45, 7) is 6.12. The first-order chi connectivity index (χ1) is 13.1. The molecule has 9 heteroatoms. The van der Waals surface area contributed by atoms with Gasteiger partial charge in [0.25, 0.3) is 0 Å². The summed E-state index contributed by atoms with van der Waals surface area (Å²) in [6.07, 6.45) is 3.12. The number of hydrogen-bond acceptors (Lipinski definition) is 6. The van der Waals surface area contributed by atoms with E-state index in [1.807, 2.05) is 18.7 Å². The molecule has 0 aromatic carbocycles. The van der Waals surface area contributed by atoms with Gasteiger partial charge in [-0.05, 0) is 18.6 Å². The molecule has 2 N–H and O–H groups in total. The van der Waals surface area contributed by atoms with E-state index in [2.05, 4.69) is 30.8 Å². The van der Waals surface area contributed by atoms with Crippen LogP contribution in [0.25, 0.3) is 0 Å². The van der Waals surface area contributed by atoms with Gasteiger partial charge in [-0.1, -0.05) is 19.0 Å². The summed E-state index contributed by atoms with van der Waals surface area (Å²) in [5, 5.41) is 10.6. The number of aromatic nitrogens is 3. The molecule has 1 aliphatic heterocycles. The van der Waals surface area contributed by atoms with Crippen LogP contribution in [0.15, 0.2) is 27.8 Å². The third kappa shape index (κ3) is 4.93. The van der Waals surface area contributed by atoms with Gasteiger partial charge in [0.05, 0.1) is 0 Å². The summed E-state index contributed by atoms with van der Waals surface area (Å²) in [4.78, 5) is 14.7. The molecule has 3 rings (SSSR count). The second kappa shape index (κ2) is 8.79. The largest absolute Gasteiger partial charge is 0.356 e. The minimum atomic E-state index is -0.291. The molecule has 3 heterocycles. The van der Waals surface area contributed by atoms with Crippen LogP contribution in [0.4, 0.5) is 10.2 Å². The van der Waals surface area contributed by atoms with Gasteiger partial charge in [-0.3, -0.25) is 4.99 Å². The van der Waals surface area contributed by atoms with Crippen LogP contribution in [0.3, 0.4) is 0 Å². The van der Waals surface area contributed by atoms with E-state index in [1.165, 1.54) is 6.07 Å². The molecule has 1 aliphatic rings. The smallest absolute Gasteiger partial charge is 0.228 e. The van der Waals surface area contributed by atoms with Gasteiger partial charge < -0.3 is 20.1 Å². The van der Waals surface area contributed by atoms with Crippen molar-refractivity contribution in [2.75, 3.05) is 31.6 Å². The molecule has 1 atom stereocenters. The lowest BCUT2D eigenvalue weighted by atomic mass is 10.2. The van der Waals surface area contributed by atoms with Gasteiger partial charge >= 0.3 is 0 Å². The Bertz CT molecular complexity index is 777. The summed E-state index contributed by atoms with van der Waals surface area (Å²) in [5.74, 6) is 2.40. The van der Waals surface area contributed by atoms with E-state index in [9.17, 15) is 4.39 Å². The number of guanidine groups is 1. The monoisotopic (exact) mass is 375 g/mol. The molecule has 1 unspecified atom stereocenters. The zero-order valence-corrected chi connectivity index (χ0v) is 15.9. The average Bonchev–Trinajstić information content (AvgIpc) is 3.31. The molecule has 2 aromatic heterocycles. The van der Waals surface area contributed by atoms with Gasteiger partial charge in [0.15, 0.2) is 23.4 Å². The van der Waals surface area contributed by atoms with Crippen LogP contribution in [-0.2, 0) is 6.42 Å². The molecule has 0 bridgehead atoms. The number of anilines is 1. The number of nitrogens with zero attached hydrogens (tertiary/aromatic N) is 5. The molecule has 1 fully saturated rings. The maximum Gasteiger partial charge on any atom is 0.228 e. The summed E-state index contributed by atoms with van der Waals surface area (Å²) in [6, 6.07) is 3.21. The molecule has 2 aromatic rings. The predicted molar refractivity (Wildman–Crippen MR) is 101 cm³/mol. The van der Waals surface area contributed by atoms with Crippen LogP contribution < -0.4 is 15.5 Å². The zero-order chi connectivity index (χ0) is 19.2. The number of pyridine rings is 1. The molecule has 0 spiro atoms. The van der Waals surface area contributed by atoms with Crippen molar-refractivity contribution < 1.29 is 8.91 Å². The second-order valence-corrected chi connectivity index (χ2v) is 6.83. The van der Waals surface area contributed by atoms with Crippen LogP contribution in [-0.4, -0.2) is 53.8 Å². The highest BCUT2D eigenvalue weighted by molar-refractivity contribution is 5.80. The van der Waals surface area contributed by atoms with Gasteiger partial charge in [-0.25, -0.2) is 9.37 Å². The molecule has 0 radical (unpaired) electrons. The first kappa shape index (κ1) is 19.1. The molecular formula is C18H26FN7O. The van der Waals surface area contributed by atoms with E-state index < -0.39 is 0 Å². The van der Waals surface area contributed by atoms with Gasteiger partial charge in [0.2, 0.25) is 5.89 Å². The second-order valence-electron chi connectivity index (χ2n) is 6.83. The van der Waals surface area contributed by atoms with Crippen LogP contribution in [0.2, 0.25) is 0 Å². The van der Waals surface area contributed by atoms with Gasteiger partial charge in [0, 0.05) is 51.3 Å². The number of hydrogen-bond donors (Lipinski definition) is 2. The van der Waals surface area contributed by atoms with Crippen molar-refractivity contribution in [1.82, 2.24) is 25.8 Å². The summed E-state index contributed by atoms with van der Waals surface area (Å²) < 4.78 is 19.1. The van der Waals surface area contributed by atoms with E-state index >= 15 is 0 Å². The number of halogens is 1. The number of rotatable bonds is 6. The number of aliphatic imine (C=N–C) groups is 1.